The highest BCUT2D eigenvalue weighted by atomic mass is 79.9. The highest BCUT2D eigenvalue weighted by Gasteiger charge is 2.12. The second kappa shape index (κ2) is 5.95. The number of carbonyl (C=O) groups excluding carboxylic acids is 1. The van der Waals surface area contributed by atoms with E-state index >= 15 is 0 Å². The predicted molar refractivity (Wildman–Crippen MR) is 63.5 cm³/mol. The third kappa shape index (κ3) is 3.70. The topological polar surface area (TPSA) is 42.2 Å². The van der Waals surface area contributed by atoms with Crippen molar-refractivity contribution in [3.63, 3.8) is 0 Å². The summed E-state index contributed by atoms with van der Waals surface area (Å²) in [5.74, 6) is 1.42. The van der Waals surface area contributed by atoms with Crippen LogP contribution in [0.5, 0.6) is 0 Å². The lowest BCUT2D eigenvalue weighted by atomic mass is 10.2. The van der Waals surface area contributed by atoms with Crippen molar-refractivity contribution in [2.24, 2.45) is 0 Å². The summed E-state index contributed by atoms with van der Waals surface area (Å²) in [4.78, 5) is 11.7. The Morgan fingerprint density at radius 2 is 2.20 bits per heavy atom. The van der Waals surface area contributed by atoms with Crippen LogP contribution in [0.2, 0.25) is 0 Å². The normalized spacial score (nSPS) is 10.3. The van der Waals surface area contributed by atoms with Gasteiger partial charge in [0.15, 0.2) is 0 Å². The molecule has 1 aromatic heterocycles. The molecule has 0 fully saturated rings. The van der Waals surface area contributed by atoms with Crippen LogP contribution in [0.25, 0.3) is 0 Å². The largest absolute Gasteiger partial charge is 0.466 e. The predicted octanol–water partition coefficient (Wildman–Crippen LogP) is 2.80. The van der Waals surface area contributed by atoms with E-state index in [4.69, 9.17) is 4.42 Å². The number of unbranched alkanes of at least 4 members (excludes halogenated alkanes) is 1. The Hall–Kier alpha value is -0.770. The highest BCUT2D eigenvalue weighted by Crippen LogP contribution is 2.13. The molecule has 0 bridgehead atoms. The smallest absolute Gasteiger partial charge is 0.254 e. The average molecular weight is 274 g/mol. The first kappa shape index (κ1) is 12.3. The van der Waals surface area contributed by atoms with Gasteiger partial charge >= 0.3 is 0 Å². The molecule has 15 heavy (non-hydrogen) atoms. The van der Waals surface area contributed by atoms with Gasteiger partial charge in [0, 0.05) is 11.9 Å². The maximum atomic E-state index is 11.7. The molecule has 0 atom stereocenters. The van der Waals surface area contributed by atoms with Gasteiger partial charge in [-0.2, -0.15) is 0 Å². The quantitative estimate of drug-likeness (QED) is 0.662. The zero-order valence-electron chi connectivity index (χ0n) is 9.10. The first-order valence-corrected chi connectivity index (χ1v) is 6.18. The van der Waals surface area contributed by atoms with Crippen LogP contribution in [-0.2, 0) is 0 Å². The van der Waals surface area contributed by atoms with E-state index in [1.165, 1.54) is 0 Å². The van der Waals surface area contributed by atoms with E-state index in [0.29, 0.717) is 17.9 Å². The van der Waals surface area contributed by atoms with Gasteiger partial charge in [-0.15, -0.1) is 0 Å². The number of amides is 1. The first-order valence-electron chi connectivity index (χ1n) is 5.06. The number of nitrogens with one attached hydrogen (secondary N) is 1. The fourth-order valence-corrected chi connectivity index (χ4v) is 1.77. The third-order valence-electron chi connectivity index (χ3n) is 2.13. The first-order chi connectivity index (χ1) is 7.15. The van der Waals surface area contributed by atoms with Gasteiger partial charge in [-0.3, -0.25) is 4.79 Å². The monoisotopic (exact) mass is 273 g/mol. The summed E-state index contributed by atoms with van der Waals surface area (Å²) < 4.78 is 5.29. The lowest BCUT2D eigenvalue weighted by Gasteiger charge is -2.02. The van der Waals surface area contributed by atoms with Crippen molar-refractivity contribution in [2.75, 3.05) is 11.9 Å². The fourth-order valence-electron chi connectivity index (χ4n) is 1.37. The molecule has 84 valence electrons. The number of alkyl halides is 1. The van der Waals surface area contributed by atoms with Crippen molar-refractivity contribution in [1.82, 2.24) is 5.32 Å². The Labute approximate surface area is 98.4 Å². The van der Waals surface area contributed by atoms with Crippen molar-refractivity contribution < 1.29 is 9.21 Å². The molecule has 0 aliphatic carbocycles. The van der Waals surface area contributed by atoms with E-state index in [9.17, 15) is 4.79 Å². The molecule has 0 spiro atoms. The van der Waals surface area contributed by atoms with Gasteiger partial charge in [0.05, 0.1) is 5.56 Å². The molecule has 0 aromatic carbocycles. The molecule has 0 saturated carbocycles. The van der Waals surface area contributed by atoms with Gasteiger partial charge < -0.3 is 9.73 Å². The van der Waals surface area contributed by atoms with Crippen LogP contribution >= 0.6 is 15.9 Å². The number of carbonyl (C=O) groups is 1. The molecule has 1 rings (SSSR count). The summed E-state index contributed by atoms with van der Waals surface area (Å²) in [7, 11) is 0. The molecule has 0 aliphatic rings. The number of hydrogen-bond acceptors (Lipinski definition) is 2. The van der Waals surface area contributed by atoms with Gasteiger partial charge in [0.25, 0.3) is 5.91 Å². The van der Waals surface area contributed by atoms with Crippen LogP contribution < -0.4 is 5.32 Å². The molecule has 1 amide bonds. The highest BCUT2D eigenvalue weighted by molar-refractivity contribution is 9.09. The van der Waals surface area contributed by atoms with E-state index < -0.39 is 0 Å². The van der Waals surface area contributed by atoms with Crippen LogP contribution in [0.1, 0.15) is 34.7 Å². The minimum absolute atomic E-state index is 0.0427. The van der Waals surface area contributed by atoms with E-state index in [2.05, 4.69) is 21.2 Å². The molecular formula is C11H16BrNO2. The maximum absolute atomic E-state index is 11.7. The lowest BCUT2D eigenvalue weighted by molar-refractivity contribution is 0.0951. The van der Waals surface area contributed by atoms with Crippen molar-refractivity contribution >= 4 is 21.8 Å². The average Bonchev–Trinajstić information content (AvgIpc) is 2.52. The van der Waals surface area contributed by atoms with Gasteiger partial charge in [-0.05, 0) is 32.8 Å². The molecule has 0 aliphatic heterocycles. The van der Waals surface area contributed by atoms with E-state index in [-0.39, 0.29) is 5.91 Å². The molecule has 1 heterocycles. The van der Waals surface area contributed by atoms with E-state index in [1.807, 2.05) is 6.92 Å². The molecule has 0 saturated heterocycles. The fraction of sp³-hybridized carbons (Fsp3) is 0.545. The standard InChI is InChI=1S/C11H16BrNO2/c1-8-7-10(9(2)15-8)11(14)13-6-4-3-5-12/h7H,3-6H2,1-2H3,(H,13,14). The maximum Gasteiger partial charge on any atom is 0.254 e. The van der Waals surface area contributed by atoms with Crippen molar-refractivity contribution in [2.45, 2.75) is 26.7 Å². The number of rotatable bonds is 5. The summed E-state index contributed by atoms with van der Waals surface area (Å²) in [5, 5.41) is 3.85. The van der Waals surface area contributed by atoms with Crippen LogP contribution in [0, 0.1) is 13.8 Å². The summed E-state index contributed by atoms with van der Waals surface area (Å²) >= 11 is 3.35. The van der Waals surface area contributed by atoms with Crippen molar-refractivity contribution in [1.29, 1.82) is 0 Å². The summed E-state index contributed by atoms with van der Waals surface area (Å²) in [6.07, 6.45) is 2.07. The number of furan rings is 1. The van der Waals surface area contributed by atoms with Gasteiger partial charge in [0.2, 0.25) is 0 Å². The van der Waals surface area contributed by atoms with Gasteiger partial charge in [-0.25, -0.2) is 0 Å². The van der Waals surface area contributed by atoms with Crippen LogP contribution in [-0.4, -0.2) is 17.8 Å². The molecule has 0 radical (unpaired) electrons. The van der Waals surface area contributed by atoms with Crippen LogP contribution in [0.4, 0.5) is 0 Å². The summed E-state index contributed by atoms with van der Waals surface area (Å²) in [6.45, 7) is 4.36. The Bertz CT molecular complexity index is 333. The summed E-state index contributed by atoms with van der Waals surface area (Å²) in [5.41, 5.74) is 0.645. The zero-order valence-corrected chi connectivity index (χ0v) is 10.7. The second-order valence-electron chi connectivity index (χ2n) is 3.48. The number of halogens is 1. The van der Waals surface area contributed by atoms with Crippen molar-refractivity contribution in [3.05, 3.63) is 23.2 Å². The number of hydrogen-bond donors (Lipinski definition) is 1. The van der Waals surface area contributed by atoms with Gasteiger partial charge in [0.1, 0.15) is 11.5 Å². The molecule has 3 nitrogen and oxygen atoms in total. The van der Waals surface area contributed by atoms with E-state index in [0.717, 1.165) is 23.9 Å². The summed E-state index contributed by atoms with van der Waals surface area (Å²) in [6, 6.07) is 1.77. The molecule has 4 heteroatoms. The van der Waals surface area contributed by atoms with Crippen LogP contribution in [0.15, 0.2) is 10.5 Å². The Balaban J connectivity index is 2.43. The molecule has 1 aromatic rings. The van der Waals surface area contributed by atoms with Crippen molar-refractivity contribution in [3.8, 4) is 0 Å². The molecule has 1 N–H and O–H groups in total. The third-order valence-corrected chi connectivity index (χ3v) is 2.69. The lowest BCUT2D eigenvalue weighted by Crippen LogP contribution is -2.24. The number of aryl methyl sites for hydroxylation is 2. The van der Waals surface area contributed by atoms with Gasteiger partial charge in [-0.1, -0.05) is 15.9 Å². The minimum Gasteiger partial charge on any atom is -0.466 e. The minimum atomic E-state index is -0.0427. The SMILES string of the molecule is Cc1cc(C(=O)NCCCCBr)c(C)o1. The van der Waals surface area contributed by atoms with E-state index in [1.54, 1.807) is 13.0 Å². The molecular weight excluding hydrogens is 258 g/mol. The second-order valence-corrected chi connectivity index (χ2v) is 4.27. The zero-order chi connectivity index (χ0) is 11.3. The Morgan fingerprint density at radius 1 is 1.47 bits per heavy atom. The Morgan fingerprint density at radius 3 is 2.73 bits per heavy atom. The Kier molecular flexibility index (Phi) is 4.88. The van der Waals surface area contributed by atoms with Crippen LogP contribution in [0.3, 0.4) is 0 Å². The molecule has 0 unspecified atom stereocenters.